The van der Waals surface area contributed by atoms with E-state index in [1.807, 2.05) is 4.90 Å². The molecule has 6 heteroatoms. The van der Waals surface area contributed by atoms with Crippen LogP contribution in [-0.4, -0.2) is 59.5 Å². The number of hydrogen-bond donors (Lipinski definition) is 1. The first-order chi connectivity index (χ1) is 12.1. The Kier molecular flexibility index (Phi) is 5.05. The van der Waals surface area contributed by atoms with Gasteiger partial charge >= 0.3 is 0 Å². The molecule has 2 heterocycles. The van der Waals surface area contributed by atoms with Crippen LogP contribution in [0.1, 0.15) is 41.6 Å². The average molecular weight is 341 g/mol. The molecule has 2 fully saturated rings. The van der Waals surface area contributed by atoms with Gasteiger partial charge in [0.15, 0.2) is 0 Å². The lowest BCUT2D eigenvalue weighted by Gasteiger charge is -2.47. The number of carbonyl (C=O) groups excluding carboxylic acids is 2. The van der Waals surface area contributed by atoms with Gasteiger partial charge in [-0.25, -0.2) is 0 Å². The molecular weight excluding hydrogens is 318 g/mol. The van der Waals surface area contributed by atoms with Crippen molar-refractivity contribution in [2.45, 2.75) is 25.7 Å². The second kappa shape index (κ2) is 7.24. The second-order valence-electron chi connectivity index (χ2n) is 6.99. The van der Waals surface area contributed by atoms with Crippen molar-refractivity contribution < 1.29 is 14.7 Å². The van der Waals surface area contributed by atoms with E-state index in [-0.39, 0.29) is 23.8 Å². The van der Waals surface area contributed by atoms with E-state index in [2.05, 4.69) is 6.07 Å². The van der Waals surface area contributed by atoms with E-state index in [9.17, 15) is 14.9 Å². The predicted octanol–water partition coefficient (Wildman–Crippen LogP) is 1.40. The zero-order valence-corrected chi connectivity index (χ0v) is 14.3. The van der Waals surface area contributed by atoms with Crippen molar-refractivity contribution in [1.29, 1.82) is 5.26 Å². The summed E-state index contributed by atoms with van der Waals surface area (Å²) in [5.41, 5.74) is 0.918. The van der Waals surface area contributed by atoms with Gasteiger partial charge in [0.25, 0.3) is 5.91 Å². The van der Waals surface area contributed by atoms with Gasteiger partial charge in [-0.1, -0.05) is 12.1 Å². The molecule has 0 aliphatic carbocycles. The number of hydrogen-bond acceptors (Lipinski definition) is 4. The van der Waals surface area contributed by atoms with E-state index < -0.39 is 0 Å². The largest absolute Gasteiger partial charge is 0.395 e. The van der Waals surface area contributed by atoms with Crippen LogP contribution < -0.4 is 0 Å². The van der Waals surface area contributed by atoms with E-state index >= 15 is 0 Å². The maximum atomic E-state index is 12.7. The molecular formula is C19H23N3O3. The van der Waals surface area contributed by atoms with Gasteiger partial charge in [-0.05, 0) is 36.8 Å². The second-order valence-corrected chi connectivity index (χ2v) is 6.99. The third-order valence-electron chi connectivity index (χ3n) is 5.51. The van der Waals surface area contributed by atoms with Gasteiger partial charge in [-0.3, -0.25) is 9.59 Å². The Balaban J connectivity index is 1.66. The normalized spacial score (nSPS) is 19.8. The van der Waals surface area contributed by atoms with Gasteiger partial charge in [0.05, 0.1) is 23.8 Å². The number of benzene rings is 1. The summed E-state index contributed by atoms with van der Waals surface area (Å²) in [5, 5.41) is 18.3. The summed E-state index contributed by atoms with van der Waals surface area (Å²) in [7, 11) is 0. The Morgan fingerprint density at radius 3 is 2.64 bits per heavy atom. The molecule has 0 aromatic heterocycles. The summed E-state index contributed by atoms with van der Waals surface area (Å²) in [6, 6.07) is 8.98. The summed E-state index contributed by atoms with van der Waals surface area (Å²) in [6.07, 6.45) is 3.07. The lowest BCUT2D eigenvalue weighted by atomic mass is 9.72. The summed E-state index contributed by atoms with van der Waals surface area (Å²) in [5.74, 6) is 0.0206. The highest BCUT2D eigenvalue weighted by atomic mass is 16.3. The van der Waals surface area contributed by atoms with Crippen molar-refractivity contribution >= 4 is 11.8 Å². The summed E-state index contributed by atoms with van der Waals surface area (Å²) in [6.45, 7) is 2.32. The average Bonchev–Trinajstić information content (AvgIpc) is 2.65. The summed E-state index contributed by atoms with van der Waals surface area (Å²) in [4.78, 5) is 28.3. The Labute approximate surface area is 147 Å². The van der Waals surface area contributed by atoms with Crippen molar-refractivity contribution in [3.8, 4) is 6.07 Å². The third-order valence-corrected chi connectivity index (χ3v) is 5.51. The number of nitriles is 1. The number of aliphatic hydroxyl groups excluding tert-OH is 1. The molecule has 2 saturated heterocycles. The van der Waals surface area contributed by atoms with Gasteiger partial charge in [-0.15, -0.1) is 0 Å². The van der Waals surface area contributed by atoms with Crippen molar-refractivity contribution in [3.63, 3.8) is 0 Å². The molecule has 2 amide bonds. The van der Waals surface area contributed by atoms with Crippen molar-refractivity contribution in [1.82, 2.24) is 9.80 Å². The van der Waals surface area contributed by atoms with Gasteiger partial charge in [0.1, 0.15) is 0 Å². The maximum Gasteiger partial charge on any atom is 0.255 e. The molecule has 2 aliphatic rings. The molecule has 0 saturated carbocycles. The molecule has 0 bridgehead atoms. The van der Waals surface area contributed by atoms with Crippen LogP contribution in [0.3, 0.4) is 0 Å². The van der Waals surface area contributed by atoms with Crippen LogP contribution in [0.2, 0.25) is 0 Å². The van der Waals surface area contributed by atoms with Crippen LogP contribution in [-0.2, 0) is 4.79 Å². The van der Waals surface area contributed by atoms with Gasteiger partial charge in [0.2, 0.25) is 5.91 Å². The number of rotatable bonds is 3. The molecule has 25 heavy (non-hydrogen) atoms. The Bertz CT molecular complexity index is 702. The Morgan fingerprint density at radius 1 is 1.24 bits per heavy atom. The van der Waals surface area contributed by atoms with Gasteiger partial charge < -0.3 is 14.9 Å². The van der Waals surface area contributed by atoms with Crippen LogP contribution in [0.4, 0.5) is 0 Å². The minimum atomic E-state index is -0.0916. The van der Waals surface area contributed by atoms with Gasteiger partial charge in [0, 0.05) is 32.6 Å². The number of likely N-dealkylation sites (tertiary alicyclic amines) is 2. The van der Waals surface area contributed by atoms with E-state index in [0.717, 1.165) is 19.3 Å². The molecule has 0 radical (unpaired) electrons. The minimum absolute atomic E-state index is 0.0165. The van der Waals surface area contributed by atoms with Crippen molar-refractivity contribution in [2.24, 2.45) is 5.41 Å². The van der Waals surface area contributed by atoms with Gasteiger partial charge in [-0.2, -0.15) is 5.26 Å². The van der Waals surface area contributed by atoms with Crippen LogP contribution in [0.5, 0.6) is 0 Å². The number of aliphatic hydroxyl groups is 1. The quantitative estimate of drug-likeness (QED) is 0.900. The van der Waals surface area contributed by atoms with Crippen LogP contribution in [0.15, 0.2) is 24.3 Å². The maximum absolute atomic E-state index is 12.7. The number of nitrogens with zero attached hydrogens (tertiary/aromatic N) is 3. The fourth-order valence-electron chi connectivity index (χ4n) is 3.96. The molecule has 1 aromatic carbocycles. The zero-order chi connectivity index (χ0) is 17.9. The van der Waals surface area contributed by atoms with E-state index in [1.54, 1.807) is 29.2 Å². The Hall–Kier alpha value is -2.39. The summed E-state index contributed by atoms with van der Waals surface area (Å²) >= 11 is 0. The van der Waals surface area contributed by atoms with Crippen molar-refractivity contribution in [3.05, 3.63) is 35.4 Å². The molecule has 1 aromatic rings. The van der Waals surface area contributed by atoms with E-state index in [1.165, 1.54) is 0 Å². The predicted molar refractivity (Wildman–Crippen MR) is 91.6 cm³/mol. The van der Waals surface area contributed by atoms with E-state index in [4.69, 9.17) is 5.11 Å². The number of carbonyl (C=O) groups is 2. The molecule has 1 N–H and O–H groups in total. The number of amides is 2. The van der Waals surface area contributed by atoms with Crippen molar-refractivity contribution in [2.75, 3.05) is 32.8 Å². The minimum Gasteiger partial charge on any atom is -0.395 e. The first-order valence-corrected chi connectivity index (χ1v) is 8.76. The highest BCUT2D eigenvalue weighted by Gasteiger charge is 2.41. The molecule has 6 nitrogen and oxygen atoms in total. The SMILES string of the molecule is N#Cc1ccccc1C(=O)N1CCC2(CCC(=O)N(CCO)C2)CC1. The zero-order valence-electron chi connectivity index (χ0n) is 14.3. The molecule has 0 unspecified atom stereocenters. The fraction of sp³-hybridized carbons (Fsp3) is 0.526. The lowest BCUT2D eigenvalue weighted by molar-refractivity contribution is -0.139. The monoisotopic (exact) mass is 341 g/mol. The first kappa shape index (κ1) is 17.4. The van der Waals surface area contributed by atoms with Crippen LogP contribution in [0.25, 0.3) is 0 Å². The first-order valence-electron chi connectivity index (χ1n) is 8.76. The third kappa shape index (κ3) is 3.52. The standard InChI is InChI=1S/C19H23N3O3/c20-13-15-3-1-2-4-16(15)18(25)21-9-7-19(8-10-21)6-5-17(24)22(14-19)11-12-23/h1-4,23H,5-12,14H2. The molecule has 132 valence electrons. The topological polar surface area (TPSA) is 84.6 Å². The van der Waals surface area contributed by atoms with Crippen LogP contribution >= 0.6 is 0 Å². The van der Waals surface area contributed by atoms with E-state index in [0.29, 0.717) is 43.7 Å². The molecule has 0 atom stereocenters. The number of β-amino-alcohol motifs (C(OH)–C–C–N with tert-alkyl or cyclic N) is 1. The molecule has 3 rings (SSSR count). The Morgan fingerprint density at radius 2 is 1.96 bits per heavy atom. The molecule has 2 aliphatic heterocycles. The smallest absolute Gasteiger partial charge is 0.255 e. The number of piperidine rings is 2. The summed E-state index contributed by atoms with van der Waals surface area (Å²) < 4.78 is 0. The van der Waals surface area contributed by atoms with Crippen LogP contribution in [0, 0.1) is 16.7 Å². The highest BCUT2D eigenvalue weighted by molar-refractivity contribution is 5.96. The molecule has 1 spiro atoms. The highest BCUT2D eigenvalue weighted by Crippen LogP contribution is 2.40. The fourth-order valence-corrected chi connectivity index (χ4v) is 3.96. The lowest BCUT2D eigenvalue weighted by Crippen LogP contribution is -2.52.